The molecule has 0 aliphatic rings. The minimum absolute atomic E-state index is 0.500. The fourth-order valence-corrected chi connectivity index (χ4v) is 7.03. The Kier molecular flexibility index (Phi) is 4.98. The Morgan fingerprint density at radius 1 is 0.708 bits per heavy atom. The van der Waals surface area contributed by atoms with Crippen LogP contribution in [0.1, 0.15) is 0 Å². The molecule has 3 aromatic carbocycles. The normalized spacial score (nSPS) is 12.1. The topological polar surface area (TPSA) is 43.3 Å². The van der Waals surface area contributed by atoms with Gasteiger partial charge in [0.25, 0.3) is 0 Å². The third-order valence-corrected chi connectivity index (χ3v) is 8.40. The molecule has 0 saturated heterocycles. The molecule has 0 heterocycles. The molecule has 0 saturated carbocycles. The number of benzene rings is 3. The Morgan fingerprint density at radius 3 is 1.33 bits per heavy atom. The fraction of sp³-hybridized carbons (Fsp3) is 0.0476. The largest absolute Gasteiger partial charge is 0.629 e. The summed E-state index contributed by atoms with van der Waals surface area (Å²) >= 11 is 0. The maximum atomic E-state index is 11.3. The van der Waals surface area contributed by atoms with Crippen LogP contribution in [0.5, 0.6) is 0 Å². The molecular formula is C21H19O2P. The SMILES string of the molecule is [O-]/C(O)=C\C[P+](c1ccccc1)(c1ccccc1)c1ccccc1. The van der Waals surface area contributed by atoms with Gasteiger partial charge in [0.15, 0.2) is 0 Å². The molecule has 0 unspecified atom stereocenters. The van der Waals surface area contributed by atoms with Crippen molar-refractivity contribution in [2.45, 2.75) is 0 Å². The second-order valence-corrected chi connectivity index (χ2v) is 9.08. The maximum Gasteiger partial charge on any atom is 0.116 e. The van der Waals surface area contributed by atoms with E-state index in [1.807, 2.05) is 54.6 Å². The van der Waals surface area contributed by atoms with Gasteiger partial charge >= 0.3 is 0 Å². The molecule has 24 heavy (non-hydrogen) atoms. The quantitative estimate of drug-likeness (QED) is 0.576. The molecule has 0 radical (unpaired) electrons. The van der Waals surface area contributed by atoms with Crippen LogP contribution in [0.2, 0.25) is 0 Å². The molecule has 3 aromatic rings. The van der Waals surface area contributed by atoms with E-state index in [0.717, 1.165) is 0 Å². The van der Waals surface area contributed by atoms with Crippen molar-refractivity contribution in [2.24, 2.45) is 0 Å². The molecule has 120 valence electrons. The molecule has 2 nitrogen and oxygen atoms in total. The van der Waals surface area contributed by atoms with Crippen molar-refractivity contribution in [2.75, 3.05) is 6.16 Å². The van der Waals surface area contributed by atoms with Crippen LogP contribution in [0.15, 0.2) is 103 Å². The summed E-state index contributed by atoms with van der Waals surface area (Å²) in [7, 11) is -2.04. The highest BCUT2D eigenvalue weighted by Crippen LogP contribution is 2.55. The van der Waals surface area contributed by atoms with Crippen LogP contribution < -0.4 is 21.0 Å². The third-order valence-electron chi connectivity index (χ3n) is 4.13. The second kappa shape index (κ2) is 7.33. The zero-order valence-corrected chi connectivity index (χ0v) is 14.1. The van der Waals surface area contributed by atoms with Crippen molar-refractivity contribution in [1.29, 1.82) is 0 Å². The molecule has 0 aliphatic carbocycles. The van der Waals surface area contributed by atoms with E-state index in [-0.39, 0.29) is 0 Å². The van der Waals surface area contributed by atoms with Crippen molar-refractivity contribution < 1.29 is 10.2 Å². The van der Waals surface area contributed by atoms with E-state index in [4.69, 9.17) is 0 Å². The summed E-state index contributed by atoms with van der Waals surface area (Å²) in [6.45, 7) is 0. The zero-order chi connectivity index (χ0) is 16.8. The van der Waals surface area contributed by atoms with Gasteiger partial charge in [-0.05, 0) is 42.5 Å². The smallest absolute Gasteiger partial charge is 0.116 e. The first-order chi connectivity index (χ1) is 11.7. The summed E-state index contributed by atoms with van der Waals surface area (Å²) in [6.07, 6.45) is 1.90. The van der Waals surface area contributed by atoms with Crippen LogP contribution in [0, 0.1) is 0 Å². The molecule has 3 rings (SSSR count). The van der Waals surface area contributed by atoms with E-state index in [1.54, 1.807) is 0 Å². The molecule has 0 fully saturated rings. The average Bonchev–Trinajstić information content (AvgIpc) is 2.65. The van der Waals surface area contributed by atoms with Gasteiger partial charge < -0.3 is 10.2 Å². The van der Waals surface area contributed by atoms with E-state index >= 15 is 0 Å². The van der Waals surface area contributed by atoms with Gasteiger partial charge in [-0.25, -0.2) is 0 Å². The lowest BCUT2D eigenvalue weighted by molar-refractivity contribution is -0.348. The van der Waals surface area contributed by atoms with Gasteiger partial charge in [-0.2, -0.15) is 0 Å². The lowest BCUT2D eigenvalue weighted by atomic mass is 10.4. The van der Waals surface area contributed by atoms with Crippen LogP contribution in [-0.4, -0.2) is 11.3 Å². The summed E-state index contributed by atoms with van der Waals surface area (Å²) in [4.78, 5) is 0. The fourth-order valence-electron chi connectivity index (χ4n) is 3.03. The summed E-state index contributed by atoms with van der Waals surface area (Å²) in [5.74, 6) is -0.873. The summed E-state index contributed by atoms with van der Waals surface area (Å²) < 4.78 is 0. The van der Waals surface area contributed by atoms with Crippen molar-refractivity contribution in [1.82, 2.24) is 0 Å². The minimum atomic E-state index is -2.04. The maximum absolute atomic E-state index is 11.3. The number of aliphatic hydroxyl groups excluding tert-OH is 1. The van der Waals surface area contributed by atoms with Gasteiger partial charge in [0.05, 0.1) is 6.16 Å². The van der Waals surface area contributed by atoms with E-state index in [2.05, 4.69) is 36.4 Å². The number of aliphatic hydroxyl groups is 1. The Balaban J connectivity index is 2.30. The van der Waals surface area contributed by atoms with E-state index in [0.29, 0.717) is 6.16 Å². The van der Waals surface area contributed by atoms with Crippen LogP contribution in [0.4, 0.5) is 0 Å². The van der Waals surface area contributed by atoms with Crippen LogP contribution in [0.3, 0.4) is 0 Å². The minimum Gasteiger partial charge on any atom is -0.629 e. The van der Waals surface area contributed by atoms with Crippen molar-refractivity contribution in [3.05, 3.63) is 103 Å². The number of hydrogen-bond acceptors (Lipinski definition) is 2. The molecular weight excluding hydrogens is 315 g/mol. The van der Waals surface area contributed by atoms with Gasteiger partial charge in [-0.1, -0.05) is 54.6 Å². The van der Waals surface area contributed by atoms with Crippen molar-refractivity contribution in [3.8, 4) is 0 Å². The van der Waals surface area contributed by atoms with E-state index in [9.17, 15) is 10.2 Å². The predicted molar refractivity (Wildman–Crippen MR) is 101 cm³/mol. The molecule has 0 atom stereocenters. The van der Waals surface area contributed by atoms with Crippen LogP contribution in [-0.2, 0) is 0 Å². The van der Waals surface area contributed by atoms with Crippen molar-refractivity contribution in [3.63, 3.8) is 0 Å². The molecule has 0 amide bonds. The van der Waals surface area contributed by atoms with E-state index < -0.39 is 13.2 Å². The lowest BCUT2D eigenvalue weighted by Crippen LogP contribution is -2.33. The zero-order valence-electron chi connectivity index (χ0n) is 13.2. The summed E-state index contributed by atoms with van der Waals surface area (Å²) in [5.41, 5.74) is 0. The molecule has 0 aromatic heterocycles. The standard InChI is InChI=1S/C21H19O2P/c22-21(23)16-17-24(18-10-4-1-5-11-18,19-12-6-2-7-13-19)20-14-8-3-9-15-20/h1-16H,17H2,(H-,22,23). The van der Waals surface area contributed by atoms with Gasteiger partial charge in [0.2, 0.25) is 0 Å². The Hall–Kier alpha value is -2.57. The predicted octanol–water partition coefficient (Wildman–Crippen LogP) is 2.74. The summed E-state index contributed by atoms with van der Waals surface area (Å²) in [6, 6.07) is 30.8. The average molecular weight is 334 g/mol. The second-order valence-electron chi connectivity index (χ2n) is 5.54. The Bertz CT molecular complexity index is 698. The molecule has 3 heteroatoms. The monoisotopic (exact) mass is 334 g/mol. The number of hydrogen-bond donors (Lipinski definition) is 1. The number of allylic oxidation sites excluding steroid dienone is 1. The lowest BCUT2D eigenvalue weighted by Gasteiger charge is -2.26. The van der Waals surface area contributed by atoms with Gasteiger partial charge in [0.1, 0.15) is 23.2 Å². The highest BCUT2D eigenvalue weighted by molar-refractivity contribution is 7.95. The Morgan fingerprint density at radius 2 is 1.04 bits per heavy atom. The molecule has 0 spiro atoms. The first kappa shape index (κ1) is 16.3. The highest BCUT2D eigenvalue weighted by atomic mass is 31.2. The van der Waals surface area contributed by atoms with Gasteiger partial charge in [0, 0.05) is 5.95 Å². The van der Waals surface area contributed by atoms with Crippen LogP contribution >= 0.6 is 7.26 Å². The molecule has 0 bridgehead atoms. The molecule has 1 N–H and O–H groups in total. The Labute approximate surface area is 143 Å². The first-order valence-electron chi connectivity index (χ1n) is 7.84. The third kappa shape index (κ3) is 3.20. The van der Waals surface area contributed by atoms with Crippen molar-refractivity contribution >= 4 is 23.2 Å². The highest BCUT2D eigenvalue weighted by Gasteiger charge is 2.44. The first-order valence-corrected chi connectivity index (χ1v) is 9.82. The summed E-state index contributed by atoms with van der Waals surface area (Å²) in [5, 5.41) is 24.2. The number of rotatable bonds is 5. The van der Waals surface area contributed by atoms with Gasteiger partial charge in [-0.3, -0.25) is 0 Å². The molecule has 0 aliphatic heterocycles. The van der Waals surface area contributed by atoms with Crippen LogP contribution in [0.25, 0.3) is 0 Å². The van der Waals surface area contributed by atoms with E-state index in [1.165, 1.54) is 22.0 Å². The van der Waals surface area contributed by atoms with Gasteiger partial charge in [-0.15, -0.1) is 0 Å².